The number of nitrogens with zero attached hydrogens (tertiary/aromatic N) is 2. The van der Waals surface area contributed by atoms with Gasteiger partial charge in [0.25, 0.3) is 0 Å². The molecule has 1 saturated heterocycles. The van der Waals surface area contributed by atoms with Crippen LogP contribution in [0.4, 0.5) is 4.79 Å². The van der Waals surface area contributed by atoms with E-state index in [-0.39, 0.29) is 36.4 Å². The van der Waals surface area contributed by atoms with Crippen LogP contribution in [-0.2, 0) is 14.3 Å². The van der Waals surface area contributed by atoms with Crippen molar-refractivity contribution in [2.45, 2.75) is 103 Å². The lowest BCUT2D eigenvalue weighted by Crippen LogP contribution is -2.57. The maximum atomic E-state index is 13.2. The lowest BCUT2D eigenvalue weighted by Gasteiger charge is -2.48. The van der Waals surface area contributed by atoms with E-state index >= 15 is 0 Å². The largest absolute Gasteiger partial charge is 0.480 e. The third-order valence-electron chi connectivity index (χ3n) is 5.80. The average molecular weight is 397 g/mol. The van der Waals surface area contributed by atoms with E-state index in [0.29, 0.717) is 0 Å². The van der Waals surface area contributed by atoms with Gasteiger partial charge in [-0.25, -0.2) is 9.59 Å². The fraction of sp³-hybridized carbons (Fsp3) is 0.857. The number of ether oxygens (including phenoxy) is 1. The zero-order valence-corrected chi connectivity index (χ0v) is 18.2. The van der Waals surface area contributed by atoms with Gasteiger partial charge in [-0.05, 0) is 40.5 Å². The van der Waals surface area contributed by atoms with Crippen LogP contribution in [0.25, 0.3) is 0 Å². The van der Waals surface area contributed by atoms with Gasteiger partial charge >= 0.3 is 12.1 Å². The second kappa shape index (κ2) is 8.29. The number of hydrogen-bond donors (Lipinski definition) is 1. The Morgan fingerprint density at radius 3 is 2.18 bits per heavy atom. The Balaban J connectivity index is 2.32. The number of carboxylic acid groups (broad SMARTS) is 1. The lowest BCUT2D eigenvalue weighted by molar-refractivity contribution is -0.146. The van der Waals surface area contributed by atoms with Crippen LogP contribution in [0.2, 0.25) is 0 Å². The summed E-state index contributed by atoms with van der Waals surface area (Å²) in [5.41, 5.74) is -1.00. The molecule has 0 aromatic rings. The molecular formula is C21H36N2O5. The number of hydrogen-bond acceptors (Lipinski definition) is 4. The fourth-order valence-corrected chi connectivity index (χ4v) is 4.48. The summed E-state index contributed by atoms with van der Waals surface area (Å²) in [6.07, 6.45) is 4.70. The van der Waals surface area contributed by atoms with Gasteiger partial charge in [0, 0.05) is 24.4 Å². The van der Waals surface area contributed by atoms with Gasteiger partial charge in [-0.3, -0.25) is 9.69 Å². The van der Waals surface area contributed by atoms with Gasteiger partial charge in [0.05, 0.1) is 6.04 Å². The van der Waals surface area contributed by atoms with Crippen LogP contribution in [0.5, 0.6) is 0 Å². The van der Waals surface area contributed by atoms with Gasteiger partial charge in [-0.15, -0.1) is 0 Å². The van der Waals surface area contributed by atoms with Gasteiger partial charge in [0.1, 0.15) is 11.6 Å². The van der Waals surface area contributed by atoms with Crippen molar-refractivity contribution in [3.05, 3.63) is 0 Å². The van der Waals surface area contributed by atoms with Crippen molar-refractivity contribution in [3.63, 3.8) is 0 Å². The normalized spacial score (nSPS) is 24.9. The molecule has 2 amide bonds. The molecule has 0 aromatic carbocycles. The first-order valence-electron chi connectivity index (χ1n) is 10.4. The first-order chi connectivity index (χ1) is 12.9. The maximum Gasteiger partial charge on any atom is 0.411 e. The molecule has 7 heteroatoms. The molecular weight excluding hydrogens is 360 g/mol. The molecule has 2 atom stereocenters. The summed E-state index contributed by atoms with van der Waals surface area (Å²) in [6, 6.07) is -1.29. The van der Waals surface area contributed by atoms with Gasteiger partial charge in [0.2, 0.25) is 5.91 Å². The molecule has 2 rings (SSSR count). The van der Waals surface area contributed by atoms with Crippen molar-refractivity contribution in [1.82, 2.24) is 9.80 Å². The van der Waals surface area contributed by atoms with E-state index in [1.165, 1.54) is 4.90 Å². The number of likely N-dealkylation sites (tertiary alicyclic amines) is 1. The topological polar surface area (TPSA) is 87.2 Å². The second-order valence-electron chi connectivity index (χ2n) is 9.80. The highest BCUT2D eigenvalue weighted by atomic mass is 16.6. The molecule has 2 fully saturated rings. The van der Waals surface area contributed by atoms with Gasteiger partial charge in [-0.1, -0.05) is 33.1 Å². The minimum Gasteiger partial charge on any atom is -0.480 e. The van der Waals surface area contributed by atoms with Crippen LogP contribution >= 0.6 is 0 Å². The van der Waals surface area contributed by atoms with Crippen molar-refractivity contribution < 1.29 is 24.2 Å². The number of carboxylic acids is 1. The quantitative estimate of drug-likeness (QED) is 0.784. The Kier molecular flexibility index (Phi) is 6.66. The third kappa shape index (κ3) is 4.97. The van der Waals surface area contributed by atoms with E-state index in [9.17, 15) is 19.5 Å². The minimum absolute atomic E-state index is 0.0320. The fourth-order valence-electron chi connectivity index (χ4n) is 4.48. The number of carbonyl (C=O) groups is 3. The first-order valence-corrected chi connectivity index (χ1v) is 10.4. The van der Waals surface area contributed by atoms with Crippen LogP contribution in [-0.4, -0.2) is 62.6 Å². The second-order valence-corrected chi connectivity index (χ2v) is 9.80. The standard InChI is InChI=1S/C21H36N2O5/c1-14(2)17(24)23(21(6)10-8-7-9-11-21)15-12-16(18(25)26)22(13-15)19(27)28-20(3,4)5/h14-16H,7-13H2,1-6H3,(H,25,26)/t15-,16-/m0/s1. The molecule has 1 saturated carbocycles. The van der Waals surface area contributed by atoms with Crippen molar-refractivity contribution in [1.29, 1.82) is 0 Å². The van der Waals surface area contributed by atoms with Crippen molar-refractivity contribution in [2.75, 3.05) is 6.54 Å². The van der Waals surface area contributed by atoms with Gasteiger partial charge < -0.3 is 14.7 Å². The average Bonchev–Trinajstić information content (AvgIpc) is 2.99. The summed E-state index contributed by atoms with van der Waals surface area (Å²) in [6.45, 7) is 11.3. The lowest BCUT2D eigenvalue weighted by atomic mass is 9.80. The maximum absolute atomic E-state index is 13.2. The zero-order valence-electron chi connectivity index (χ0n) is 18.2. The first kappa shape index (κ1) is 22.5. The van der Waals surface area contributed by atoms with Gasteiger partial charge in [0.15, 0.2) is 0 Å². The summed E-state index contributed by atoms with van der Waals surface area (Å²) >= 11 is 0. The van der Waals surface area contributed by atoms with E-state index in [4.69, 9.17) is 4.74 Å². The van der Waals surface area contributed by atoms with Crippen LogP contribution < -0.4 is 0 Å². The van der Waals surface area contributed by atoms with Crippen molar-refractivity contribution >= 4 is 18.0 Å². The predicted molar refractivity (Wildman–Crippen MR) is 106 cm³/mol. The summed E-state index contributed by atoms with van der Waals surface area (Å²) in [5, 5.41) is 9.70. The number of aliphatic carboxylic acids is 1. The number of carbonyl (C=O) groups excluding carboxylic acids is 2. The molecule has 1 N–H and O–H groups in total. The van der Waals surface area contributed by atoms with Crippen molar-refractivity contribution in [3.8, 4) is 0 Å². The highest BCUT2D eigenvalue weighted by Crippen LogP contribution is 2.38. The Bertz CT molecular complexity index is 604. The van der Waals surface area contributed by atoms with Crippen LogP contribution in [0.3, 0.4) is 0 Å². The smallest absolute Gasteiger partial charge is 0.411 e. The molecule has 0 radical (unpaired) electrons. The van der Waals surface area contributed by atoms with Gasteiger partial charge in [-0.2, -0.15) is 0 Å². The molecule has 0 unspecified atom stereocenters. The highest BCUT2D eigenvalue weighted by Gasteiger charge is 2.49. The Labute approximate surface area is 168 Å². The van der Waals surface area contributed by atoms with E-state index in [0.717, 1.165) is 32.1 Å². The van der Waals surface area contributed by atoms with Crippen molar-refractivity contribution in [2.24, 2.45) is 5.92 Å². The molecule has 28 heavy (non-hydrogen) atoms. The Hall–Kier alpha value is -1.79. The highest BCUT2D eigenvalue weighted by molar-refractivity contribution is 5.83. The molecule has 2 aliphatic rings. The molecule has 0 spiro atoms. The van der Waals surface area contributed by atoms with E-state index in [2.05, 4.69) is 6.92 Å². The summed E-state index contributed by atoms with van der Waals surface area (Å²) in [4.78, 5) is 40.9. The summed E-state index contributed by atoms with van der Waals surface area (Å²) < 4.78 is 5.43. The molecule has 160 valence electrons. The monoisotopic (exact) mass is 396 g/mol. The van der Waals surface area contributed by atoms with E-state index < -0.39 is 23.7 Å². The molecule has 0 aromatic heterocycles. The Morgan fingerprint density at radius 1 is 1.14 bits per heavy atom. The third-order valence-corrected chi connectivity index (χ3v) is 5.80. The number of rotatable bonds is 4. The Morgan fingerprint density at radius 2 is 1.71 bits per heavy atom. The number of amides is 2. The van der Waals surface area contributed by atoms with Crippen LogP contribution in [0.15, 0.2) is 0 Å². The molecule has 7 nitrogen and oxygen atoms in total. The van der Waals surface area contributed by atoms with E-state index in [1.807, 2.05) is 18.7 Å². The SMILES string of the molecule is CC(C)C(=O)N([C@H]1C[C@@H](C(=O)O)N(C(=O)OC(C)(C)C)C1)C1(C)CCCCC1. The van der Waals surface area contributed by atoms with Crippen LogP contribution in [0, 0.1) is 5.92 Å². The molecule has 1 aliphatic heterocycles. The predicted octanol–water partition coefficient (Wildman–Crippen LogP) is 3.66. The molecule has 1 heterocycles. The molecule has 1 aliphatic carbocycles. The zero-order chi connectivity index (χ0) is 21.3. The molecule has 0 bridgehead atoms. The minimum atomic E-state index is -1.06. The summed E-state index contributed by atoms with van der Waals surface area (Å²) in [7, 11) is 0. The van der Waals surface area contributed by atoms with Crippen LogP contribution in [0.1, 0.15) is 80.1 Å². The summed E-state index contributed by atoms with van der Waals surface area (Å²) in [5.74, 6) is -1.21. The van der Waals surface area contributed by atoms with E-state index in [1.54, 1.807) is 20.8 Å².